The van der Waals surface area contributed by atoms with Crippen molar-refractivity contribution >= 4 is 31.6 Å². The van der Waals surface area contributed by atoms with Gasteiger partial charge in [-0.15, -0.1) is 0 Å². The molecule has 1 aromatic carbocycles. The van der Waals surface area contributed by atoms with Gasteiger partial charge in [0.1, 0.15) is 10.6 Å². The number of hydrogen-bond acceptors (Lipinski definition) is 5. The van der Waals surface area contributed by atoms with Crippen LogP contribution in [0.1, 0.15) is 19.8 Å². The number of anilines is 1. The molecule has 8 heteroatoms. The first kappa shape index (κ1) is 16.5. The number of ether oxygens (including phenoxy) is 2. The van der Waals surface area contributed by atoms with Crippen LogP contribution >= 0.6 is 15.9 Å². The van der Waals surface area contributed by atoms with Crippen molar-refractivity contribution in [3.63, 3.8) is 0 Å². The van der Waals surface area contributed by atoms with Crippen molar-refractivity contribution in [3.8, 4) is 5.75 Å². The summed E-state index contributed by atoms with van der Waals surface area (Å²) in [5, 5.41) is 0. The Bertz CT molecular complexity index is 615. The molecule has 1 aliphatic rings. The van der Waals surface area contributed by atoms with Gasteiger partial charge in [-0.2, -0.15) is 0 Å². The molecular weight excluding hydrogens is 360 g/mol. The lowest BCUT2D eigenvalue weighted by Gasteiger charge is -2.35. The van der Waals surface area contributed by atoms with Gasteiger partial charge in [0, 0.05) is 22.8 Å². The number of rotatable bonds is 6. The van der Waals surface area contributed by atoms with Crippen LogP contribution in [0, 0.1) is 0 Å². The maximum atomic E-state index is 12.4. The van der Waals surface area contributed by atoms with Crippen LogP contribution in [0.25, 0.3) is 0 Å². The van der Waals surface area contributed by atoms with E-state index in [0.717, 1.165) is 0 Å². The molecule has 0 heterocycles. The molecule has 0 aromatic heterocycles. The molecule has 1 fully saturated rings. The summed E-state index contributed by atoms with van der Waals surface area (Å²) in [6.07, 6.45) is 1.50. The molecule has 0 bridgehead atoms. The van der Waals surface area contributed by atoms with E-state index in [1.807, 2.05) is 6.92 Å². The van der Waals surface area contributed by atoms with Crippen molar-refractivity contribution in [2.24, 2.45) is 0 Å². The topological polar surface area (TPSA) is 90.7 Å². The molecule has 1 aliphatic carbocycles. The summed E-state index contributed by atoms with van der Waals surface area (Å²) in [6, 6.07) is 2.83. The van der Waals surface area contributed by atoms with Gasteiger partial charge >= 0.3 is 0 Å². The maximum absolute atomic E-state index is 12.4. The highest BCUT2D eigenvalue weighted by atomic mass is 79.9. The molecule has 0 unspecified atom stereocenters. The number of methoxy groups -OCH3 is 1. The molecule has 118 valence electrons. The van der Waals surface area contributed by atoms with E-state index in [1.54, 1.807) is 6.07 Å². The minimum absolute atomic E-state index is 0.0468. The summed E-state index contributed by atoms with van der Waals surface area (Å²) >= 11 is 3.25. The highest BCUT2D eigenvalue weighted by molar-refractivity contribution is 9.10. The van der Waals surface area contributed by atoms with Crippen molar-refractivity contribution in [3.05, 3.63) is 16.6 Å². The van der Waals surface area contributed by atoms with Crippen LogP contribution in [-0.2, 0) is 14.8 Å². The average Bonchev–Trinajstić information content (AvgIpc) is 2.38. The van der Waals surface area contributed by atoms with Crippen LogP contribution in [0.15, 0.2) is 21.5 Å². The van der Waals surface area contributed by atoms with Gasteiger partial charge < -0.3 is 15.2 Å². The van der Waals surface area contributed by atoms with Gasteiger partial charge in [0.05, 0.1) is 13.2 Å². The second-order valence-corrected chi connectivity index (χ2v) is 7.43. The lowest BCUT2D eigenvalue weighted by molar-refractivity contribution is -0.00476. The fourth-order valence-corrected chi connectivity index (χ4v) is 4.01. The Labute approximate surface area is 133 Å². The van der Waals surface area contributed by atoms with E-state index in [-0.39, 0.29) is 22.8 Å². The van der Waals surface area contributed by atoms with E-state index in [1.165, 1.54) is 13.2 Å². The Hall–Kier alpha value is -0.830. The number of nitrogens with two attached hydrogens (primary N) is 1. The smallest absolute Gasteiger partial charge is 0.244 e. The molecule has 0 radical (unpaired) electrons. The van der Waals surface area contributed by atoms with Gasteiger partial charge in [0.15, 0.2) is 0 Å². The van der Waals surface area contributed by atoms with Gasteiger partial charge in [-0.25, -0.2) is 13.1 Å². The van der Waals surface area contributed by atoms with Crippen molar-refractivity contribution in [1.82, 2.24) is 4.72 Å². The molecular formula is C13H19BrN2O4S. The molecule has 0 saturated heterocycles. The van der Waals surface area contributed by atoms with Gasteiger partial charge in [-0.1, -0.05) is 0 Å². The zero-order valence-electron chi connectivity index (χ0n) is 11.9. The predicted molar refractivity (Wildman–Crippen MR) is 83.9 cm³/mol. The molecule has 21 heavy (non-hydrogen) atoms. The molecule has 2 rings (SSSR count). The summed E-state index contributed by atoms with van der Waals surface area (Å²) in [5.41, 5.74) is 6.11. The molecule has 1 aromatic rings. The Morgan fingerprint density at radius 3 is 2.67 bits per heavy atom. The normalized spacial score (nSPS) is 21.9. The zero-order valence-corrected chi connectivity index (χ0v) is 14.3. The fourth-order valence-electron chi connectivity index (χ4n) is 2.24. The second-order valence-electron chi connectivity index (χ2n) is 4.89. The van der Waals surface area contributed by atoms with Gasteiger partial charge in [0.2, 0.25) is 10.0 Å². The van der Waals surface area contributed by atoms with Crippen molar-refractivity contribution < 1.29 is 17.9 Å². The lowest BCUT2D eigenvalue weighted by atomic mass is 9.90. The van der Waals surface area contributed by atoms with E-state index < -0.39 is 10.0 Å². The first-order chi connectivity index (χ1) is 9.87. The van der Waals surface area contributed by atoms with Crippen LogP contribution in [0.2, 0.25) is 0 Å². The Morgan fingerprint density at radius 2 is 2.10 bits per heavy atom. The Kier molecular flexibility index (Phi) is 5.13. The van der Waals surface area contributed by atoms with E-state index in [0.29, 0.717) is 29.6 Å². The van der Waals surface area contributed by atoms with Crippen LogP contribution in [0.4, 0.5) is 5.69 Å². The SMILES string of the molecule is CCOC1CC(NS(=O)(=O)c2cc(N)c(Br)cc2OC)C1. The third-order valence-corrected chi connectivity index (χ3v) is 5.62. The quantitative estimate of drug-likeness (QED) is 0.737. The third kappa shape index (κ3) is 3.68. The van der Waals surface area contributed by atoms with E-state index in [9.17, 15) is 8.42 Å². The summed E-state index contributed by atoms with van der Waals surface area (Å²) in [5.74, 6) is 0.254. The molecule has 1 saturated carbocycles. The summed E-state index contributed by atoms with van der Waals surface area (Å²) in [4.78, 5) is 0.0468. The van der Waals surface area contributed by atoms with Gasteiger partial charge in [0.25, 0.3) is 0 Å². The maximum Gasteiger partial charge on any atom is 0.244 e. The minimum atomic E-state index is -3.67. The van der Waals surface area contributed by atoms with Crippen molar-refractivity contribution in [1.29, 1.82) is 0 Å². The monoisotopic (exact) mass is 378 g/mol. The third-order valence-electron chi connectivity index (χ3n) is 3.39. The Morgan fingerprint density at radius 1 is 1.43 bits per heavy atom. The number of halogens is 1. The van der Waals surface area contributed by atoms with E-state index >= 15 is 0 Å². The van der Waals surface area contributed by atoms with Crippen LogP contribution in [-0.4, -0.2) is 34.3 Å². The minimum Gasteiger partial charge on any atom is -0.495 e. The fraction of sp³-hybridized carbons (Fsp3) is 0.538. The number of nitrogen functional groups attached to an aromatic ring is 1. The molecule has 6 nitrogen and oxygen atoms in total. The molecule has 0 spiro atoms. The number of sulfonamides is 1. The summed E-state index contributed by atoms with van der Waals surface area (Å²) < 4.78 is 38.7. The van der Waals surface area contributed by atoms with Gasteiger partial charge in [-0.05, 0) is 47.8 Å². The first-order valence-electron chi connectivity index (χ1n) is 6.64. The second kappa shape index (κ2) is 6.51. The van der Waals surface area contributed by atoms with Crippen molar-refractivity contribution in [2.75, 3.05) is 19.5 Å². The largest absolute Gasteiger partial charge is 0.495 e. The van der Waals surface area contributed by atoms with Gasteiger partial charge in [-0.3, -0.25) is 0 Å². The van der Waals surface area contributed by atoms with Crippen LogP contribution in [0.5, 0.6) is 5.75 Å². The summed E-state index contributed by atoms with van der Waals surface area (Å²) in [7, 11) is -2.25. The molecule has 3 N–H and O–H groups in total. The van der Waals surface area contributed by atoms with Crippen molar-refractivity contribution in [2.45, 2.75) is 36.8 Å². The number of hydrogen-bond donors (Lipinski definition) is 2. The molecule has 0 aliphatic heterocycles. The molecule has 0 amide bonds. The average molecular weight is 379 g/mol. The van der Waals surface area contributed by atoms with E-state index in [4.69, 9.17) is 15.2 Å². The molecule has 0 atom stereocenters. The first-order valence-corrected chi connectivity index (χ1v) is 8.92. The standard InChI is InChI=1S/C13H19BrN2O4S/c1-3-20-9-4-8(5-9)16-21(17,18)13-7-11(15)10(14)6-12(13)19-2/h6-9,16H,3-5,15H2,1-2H3. The zero-order chi connectivity index (χ0) is 15.6. The summed E-state index contributed by atoms with van der Waals surface area (Å²) in [6.45, 7) is 2.56. The Balaban J connectivity index is 2.15. The van der Waals surface area contributed by atoms with Crippen LogP contribution < -0.4 is 15.2 Å². The highest BCUT2D eigenvalue weighted by Gasteiger charge is 2.34. The predicted octanol–water partition coefficient (Wildman–Crippen LogP) is 1.89. The number of benzene rings is 1. The van der Waals surface area contributed by atoms with Crippen LogP contribution in [0.3, 0.4) is 0 Å². The number of nitrogens with one attached hydrogen (secondary N) is 1. The highest BCUT2D eigenvalue weighted by Crippen LogP contribution is 2.33. The lowest BCUT2D eigenvalue weighted by Crippen LogP contribution is -2.47. The van der Waals surface area contributed by atoms with E-state index in [2.05, 4.69) is 20.7 Å².